The van der Waals surface area contributed by atoms with Crippen molar-refractivity contribution in [3.63, 3.8) is 0 Å². The van der Waals surface area contributed by atoms with Crippen molar-refractivity contribution in [3.05, 3.63) is 59.7 Å². The number of ether oxygens (including phenoxy) is 2. The number of carbonyl (C=O) groups is 1. The molecule has 1 aliphatic heterocycles. The summed E-state index contributed by atoms with van der Waals surface area (Å²) >= 11 is 0. The third kappa shape index (κ3) is 5.31. The molecule has 1 amide bonds. The highest BCUT2D eigenvalue weighted by molar-refractivity contribution is 5.92. The van der Waals surface area contributed by atoms with Gasteiger partial charge in [0.1, 0.15) is 12.4 Å². The van der Waals surface area contributed by atoms with E-state index in [1.807, 2.05) is 55.5 Å². The van der Waals surface area contributed by atoms with Crippen molar-refractivity contribution < 1.29 is 14.3 Å². The molecule has 1 unspecified atom stereocenters. The monoisotopic (exact) mass is 340 g/mol. The second-order valence-electron chi connectivity index (χ2n) is 6.25. The second-order valence-corrected chi connectivity index (χ2v) is 6.25. The fraction of sp³-hybridized carbons (Fsp3) is 0.350. The number of hydrogen-bond donors (Lipinski definition) is 2. The molecule has 132 valence electrons. The molecule has 1 atom stereocenters. The second kappa shape index (κ2) is 8.65. The smallest absolute Gasteiger partial charge is 0.226 e. The quantitative estimate of drug-likeness (QED) is 0.849. The van der Waals surface area contributed by atoms with Gasteiger partial charge in [0.2, 0.25) is 5.91 Å². The Bertz CT molecular complexity index is 697. The number of amides is 1. The number of nitrogens with one attached hydrogen (secondary N) is 2. The van der Waals surface area contributed by atoms with Gasteiger partial charge < -0.3 is 20.1 Å². The fourth-order valence-electron chi connectivity index (χ4n) is 2.76. The Balaban J connectivity index is 1.62. The van der Waals surface area contributed by atoms with Crippen LogP contribution in [-0.4, -0.2) is 31.7 Å². The molecule has 0 spiro atoms. The number of morpholine rings is 1. The maximum absolute atomic E-state index is 12.3. The zero-order chi connectivity index (χ0) is 17.5. The van der Waals surface area contributed by atoms with Gasteiger partial charge in [-0.25, -0.2) is 0 Å². The van der Waals surface area contributed by atoms with E-state index in [1.165, 1.54) is 0 Å². The van der Waals surface area contributed by atoms with E-state index < -0.39 is 0 Å². The van der Waals surface area contributed by atoms with Crippen LogP contribution in [0.1, 0.15) is 17.5 Å². The summed E-state index contributed by atoms with van der Waals surface area (Å²) in [5.41, 5.74) is 2.87. The highest BCUT2D eigenvalue weighted by Crippen LogP contribution is 2.27. The van der Waals surface area contributed by atoms with Crippen LogP contribution in [0.25, 0.3) is 0 Å². The Labute approximate surface area is 148 Å². The van der Waals surface area contributed by atoms with E-state index in [9.17, 15) is 4.79 Å². The zero-order valence-corrected chi connectivity index (χ0v) is 14.5. The molecule has 0 bridgehead atoms. The standard InChI is InChI=1S/C20H24N2O3/c1-15-7-8-18(22-20(23)12-17-14-24-10-9-21-17)19(11-15)25-13-16-5-3-2-4-6-16/h2-8,11,17,21H,9-10,12-14H2,1H3,(H,22,23). The maximum atomic E-state index is 12.3. The predicted octanol–water partition coefficient (Wildman–Crippen LogP) is 2.89. The van der Waals surface area contributed by atoms with Crippen molar-refractivity contribution in [1.29, 1.82) is 0 Å². The van der Waals surface area contributed by atoms with Gasteiger partial charge in [-0.3, -0.25) is 4.79 Å². The molecular weight excluding hydrogens is 316 g/mol. The Kier molecular flexibility index (Phi) is 6.04. The van der Waals surface area contributed by atoms with Gasteiger partial charge in [0.15, 0.2) is 0 Å². The van der Waals surface area contributed by atoms with E-state index >= 15 is 0 Å². The van der Waals surface area contributed by atoms with Crippen LogP contribution in [0, 0.1) is 6.92 Å². The number of benzene rings is 2. The SMILES string of the molecule is Cc1ccc(NC(=O)CC2COCCN2)c(OCc2ccccc2)c1. The topological polar surface area (TPSA) is 59.6 Å². The molecule has 5 nitrogen and oxygen atoms in total. The number of aryl methyl sites for hydroxylation is 1. The van der Waals surface area contributed by atoms with Crippen LogP contribution in [0.15, 0.2) is 48.5 Å². The highest BCUT2D eigenvalue weighted by Gasteiger charge is 2.18. The number of hydrogen-bond acceptors (Lipinski definition) is 4. The molecule has 0 radical (unpaired) electrons. The molecule has 2 aromatic carbocycles. The molecule has 1 aliphatic rings. The first-order valence-corrected chi connectivity index (χ1v) is 8.59. The number of anilines is 1. The molecule has 25 heavy (non-hydrogen) atoms. The maximum Gasteiger partial charge on any atom is 0.226 e. The predicted molar refractivity (Wildman–Crippen MR) is 97.8 cm³/mol. The van der Waals surface area contributed by atoms with Gasteiger partial charge in [-0.1, -0.05) is 36.4 Å². The van der Waals surface area contributed by atoms with E-state index in [0.717, 1.165) is 17.7 Å². The van der Waals surface area contributed by atoms with Crippen molar-refractivity contribution in [2.75, 3.05) is 25.1 Å². The van der Waals surface area contributed by atoms with E-state index in [0.29, 0.717) is 37.7 Å². The van der Waals surface area contributed by atoms with Gasteiger partial charge in [-0.05, 0) is 30.2 Å². The first-order valence-electron chi connectivity index (χ1n) is 8.59. The van der Waals surface area contributed by atoms with Crippen LogP contribution >= 0.6 is 0 Å². The van der Waals surface area contributed by atoms with Crippen molar-refractivity contribution >= 4 is 11.6 Å². The van der Waals surface area contributed by atoms with E-state index in [-0.39, 0.29) is 11.9 Å². The van der Waals surface area contributed by atoms with Crippen molar-refractivity contribution in [1.82, 2.24) is 5.32 Å². The highest BCUT2D eigenvalue weighted by atomic mass is 16.5. The normalized spacial score (nSPS) is 17.1. The van der Waals surface area contributed by atoms with Gasteiger partial charge in [-0.2, -0.15) is 0 Å². The molecular formula is C20H24N2O3. The minimum absolute atomic E-state index is 0.0450. The molecule has 0 saturated carbocycles. The molecule has 1 heterocycles. The number of carbonyl (C=O) groups excluding carboxylic acids is 1. The lowest BCUT2D eigenvalue weighted by Gasteiger charge is -2.23. The molecule has 1 saturated heterocycles. The fourth-order valence-corrected chi connectivity index (χ4v) is 2.76. The Hall–Kier alpha value is -2.37. The Morgan fingerprint density at radius 3 is 2.88 bits per heavy atom. The molecule has 3 rings (SSSR count). The van der Waals surface area contributed by atoms with Crippen LogP contribution in [-0.2, 0) is 16.1 Å². The molecule has 1 fully saturated rings. The van der Waals surface area contributed by atoms with E-state index in [4.69, 9.17) is 9.47 Å². The third-order valence-electron chi connectivity index (χ3n) is 4.08. The summed E-state index contributed by atoms with van der Waals surface area (Å²) in [6.45, 7) is 4.52. The summed E-state index contributed by atoms with van der Waals surface area (Å²) in [5.74, 6) is 0.640. The largest absolute Gasteiger partial charge is 0.487 e. The van der Waals surface area contributed by atoms with Crippen molar-refractivity contribution in [2.45, 2.75) is 26.0 Å². The summed E-state index contributed by atoms with van der Waals surface area (Å²) in [7, 11) is 0. The minimum Gasteiger partial charge on any atom is -0.487 e. The Morgan fingerprint density at radius 1 is 1.28 bits per heavy atom. The van der Waals surface area contributed by atoms with Crippen LogP contribution in [0.4, 0.5) is 5.69 Å². The molecule has 2 aromatic rings. The van der Waals surface area contributed by atoms with Crippen molar-refractivity contribution in [3.8, 4) is 5.75 Å². The lowest BCUT2D eigenvalue weighted by atomic mass is 10.1. The first-order chi connectivity index (χ1) is 12.2. The minimum atomic E-state index is -0.0450. The summed E-state index contributed by atoms with van der Waals surface area (Å²) in [4.78, 5) is 12.3. The van der Waals surface area contributed by atoms with Crippen LogP contribution < -0.4 is 15.4 Å². The molecule has 0 aliphatic carbocycles. The van der Waals surface area contributed by atoms with Crippen LogP contribution in [0.3, 0.4) is 0 Å². The summed E-state index contributed by atoms with van der Waals surface area (Å²) < 4.78 is 11.3. The first kappa shape index (κ1) is 17.5. The van der Waals surface area contributed by atoms with Crippen LogP contribution in [0.5, 0.6) is 5.75 Å². The van der Waals surface area contributed by atoms with Gasteiger partial charge >= 0.3 is 0 Å². The Morgan fingerprint density at radius 2 is 2.12 bits per heavy atom. The third-order valence-corrected chi connectivity index (χ3v) is 4.08. The zero-order valence-electron chi connectivity index (χ0n) is 14.5. The molecule has 5 heteroatoms. The average molecular weight is 340 g/mol. The summed E-state index contributed by atoms with van der Waals surface area (Å²) in [6.07, 6.45) is 0.381. The van der Waals surface area contributed by atoms with Gasteiger partial charge in [0, 0.05) is 19.0 Å². The molecule has 0 aromatic heterocycles. The lowest BCUT2D eigenvalue weighted by molar-refractivity contribution is -0.117. The van der Waals surface area contributed by atoms with E-state index in [2.05, 4.69) is 10.6 Å². The van der Waals surface area contributed by atoms with Gasteiger partial charge in [0.05, 0.1) is 18.9 Å². The number of rotatable bonds is 6. The van der Waals surface area contributed by atoms with Crippen LogP contribution in [0.2, 0.25) is 0 Å². The van der Waals surface area contributed by atoms with Gasteiger partial charge in [-0.15, -0.1) is 0 Å². The van der Waals surface area contributed by atoms with Crippen molar-refractivity contribution in [2.24, 2.45) is 0 Å². The summed E-state index contributed by atoms with van der Waals surface area (Å²) in [5, 5.41) is 6.25. The van der Waals surface area contributed by atoms with E-state index in [1.54, 1.807) is 0 Å². The van der Waals surface area contributed by atoms with Gasteiger partial charge in [0.25, 0.3) is 0 Å². The summed E-state index contributed by atoms with van der Waals surface area (Å²) in [6, 6.07) is 15.8. The molecule has 2 N–H and O–H groups in total. The lowest BCUT2D eigenvalue weighted by Crippen LogP contribution is -2.43. The average Bonchev–Trinajstić information content (AvgIpc) is 2.63.